The molecule has 0 spiro atoms. The van der Waals surface area contributed by atoms with Crippen molar-refractivity contribution >= 4 is 38.3 Å². The predicted octanol–water partition coefficient (Wildman–Crippen LogP) is 4.45. The molecule has 2 heterocycles. The van der Waals surface area contributed by atoms with Crippen LogP contribution in [0.2, 0.25) is 0 Å². The molecule has 4 rings (SSSR count). The standard InChI is InChI=1S/C22H20BrFN2O3S/c23-16-5-8-18(9-6-16)30(28)15-17-7-10-21(29-17)22(27)26-13-11-25(12-14-26)20-4-2-1-3-19(20)24/h1-10H,11-15H2/t30-/m1/s1. The van der Waals surface area contributed by atoms with Gasteiger partial charge in [0.1, 0.15) is 11.6 Å². The van der Waals surface area contributed by atoms with Gasteiger partial charge in [-0.15, -0.1) is 0 Å². The van der Waals surface area contributed by atoms with Crippen LogP contribution in [0.4, 0.5) is 10.1 Å². The van der Waals surface area contributed by atoms with Crippen molar-refractivity contribution in [1.29, 1.82) is 0 Å². The van der Waals surface area contributed by atoms with E-state index in [1.165, 1.54) is 6.07 Å². The zero-order valence-corrected chi connectivity index (χ0v) is 18.5. The summed E-state index contributed by atoms with van der Waals surface area (Å²) in [5.41, 5.74) is 0.556. The van der Waals surface area contributed by atoms with E-state index in [2.05, 4.69) is 15.9 Å². The van der Waals surface area contributed by atoms with Gasteiger partial charge in [-0.1, -0.05) is 28.1 Å². The highest BCUT2D eigenvalue weighted by molar-refractivity contribution is 9.10. The van der Waals surface area contributed by atoms with Crippen molar-refractivity contribution in [3.05, 3.63) is 82.5 Å². The van der Waals surface area contributed by atoms with Crippen molar-refractivity contribution in [3.8, 4) is 0 Å². The van der Waals surface area contributed by atoms with Gasteiger partial charge in [-0.2, -0.15) is 0 Å². The largest absolute Gasteiger partial charge is 0.455 e. The summed E-state index contributed by atoms with van der Waals surface area (Å²) in [6.07, 6.45) is 0. The fourth-order valence-corrected chi connectivity index (χ4v) is 4.67. The van der Waals surface area contributed by atoms with E-state index in [-0.39, 0.29) is 23.2 Å². The van der Waals surface area contributed by atoms with Gasteiger partial charge in [-0.3, -0.25) is 9.00 Å². The molecule has 1 atom stereocenters. The highest BCUT2D eigenvalue weighted by Gasteiger charge is 2.25. The fraction of sp³-hybridized carbons (Fsp3) is 0.227. The number of anilines is 1. The topological polar surface area (TPSA) is 53.8 Å². The Morgan fingerprint density at radius 1 is 1.00 bits per heavy atom. The summed E-state index contributed by atoms with van der Waals surface area (Å²) in [6.45, 7) is 2.06. The van der Waals surface area contributed by atoms with E-state index in [1.54, 1.807) is 47.4 Å². The molecule has 156 valence electrons. The minimum atomic E-state index is -1.26. The molecule has 0 saturated carbocycles. The van der Waals surface area contributed by atoms with E-state index < -0.39 is 10.8 Å². The Balaban J connectivity index is 1.36. The monoisotopic (exact) mass is 490 g/mol. The summed E-state index contributed by atoms with van der Waals surface area (Å²) in [6, 6.07) is 17.2. The van der Waals surface area contributed by atoms with Crippen molar-refractivity contribution in [3.63, 3.8) is 0 Å². The molecule has 1 fully saturated rings. The molecule has 1 aromatic heterocycles. The van der Waals surface area contributed by atoms with E-state index in [1.807, 2.05) is 17.0 Å². The Kier molecular flexibility index (Phi) is 6.34. The van der Waals surface area contributed by atoms with Crippen molar-refractivity contribution in [2.24, 2.45) is 0 Å². The first-order chi connectivity index (χ1) is 14.5. The lowest BCUT2D eigenvalue weighted by Gasteiger charge is -2.35. The van der Waals surface area contributed by atoms with E-state index in [4.69, 9.17) is 4.42 Å². The summed E-state index contributed by atoms with van der Waals surface area (Å²) in [4.78, 5) is 17.1. The summed E-state index contributed by atoms with van der Waals surface area (Å²) < 4.78 is 33.1. The number of rotatable bonds is 5. The SMILES string of the molecule is O=C(c1ccc(C[S@@](=O)c2ccc(Br)cc2)o1)N1CCN(c2ccccc2F)CC1. The molecule has 1 saturated heterocycles. The number of nitrogens with zero attached hydrogens (tertiary/aromatic N) is 2. The Morgan fingerprint density at radius 2 is 1.70 bits per heavy atom. The van der Waals surface area contributed by atoms with Gasteiger partial charge in [0.25, 0.3) is 5.91 Å². The van der Waals surface area contributed by atoms with E-state index in [0.29, 0.717) is 42.5 Å². The molecular weight excluding hydrogens is 471 g/mol. The number of benzene rings is 2. The lowest BCUT2D eigenvalue weighted by Crippen LogP contribution is -2.49. The normalized spacial score (nSPS) is 15.3. The van der Waals surface area contributed by atoms with Crippen LogP contribution < -0.4 is 4.90 Å². The third-order valence-electron chi connectivity index (χ3n) is 4.98. The minimum absolute atomic E-state index is 0.204. The number of halogens is 2. The zero-order chi connectivity index (χ0) is 21.1. The number of hydrogen-bond donors (Lipinski definition) is 0. The lowest BCUT2D eigenvalue weighted by molar-refractivity contribution is 0.0713. The van der Waals surface area contributed by atoms with Gasteiger partial charge in [0.2, 0.25) is 0 Å². The van der Waals surface area contributed by atoms with Gasteiger partial charge in [-0.05, 0) is 48.5 Å². The van der Waals surface area contributed by atoms with Gasteiger partial charge in [0.15, 0.2) is 5.76 Å². The first-order valence-corrected chi connectivity index (χ1v) is 11.6. The number of hydrogen-bond acceptors (Lipinski definition) is 4. The molecule has 30 heavy (non-hydrogen) atoms. The van der Waals surface area contributed by atoms with E-state index in [9.17, 15) is 13.4 Å². The molecule has 1 aliphatic heterocycles. The molecule has 0 bridgehead atoms. The third kappa shape index (κ3) is 4.65. The van der Waals surface area contributed by atoms with Crippen molar-refractivity contribution in [2.45, 2.75) is 10.6 Å². The van der Waals surface area contributed by atoms with Gasteiger partial charge < -0.3 is 14.2 Å². The van der Waals surface area contributed by atoms with Gasteiger partial charge in [0.05, 0.1) is 22.2 Å². The molecule has 3 aromatic rings. The number of piperazine rings is 1. The maximum absolute atomic E-state index is 14.0. The molecular formula is C22H20BrFN2O3S. The van der Waals surface area contributed by atoms with Crippen molar-refractivity contribution < 1.29 is 17.8 Å². The lowest BCUT2D eigenvalue weighted by atomic mass is 10.2. The quantitative estimate of drug-likeness (QED) is 0.530. The van der Waals surface area contributed by atoms with Crippen molar-refractivity contribution in [2.75, 3.05) is 31.1 Å². The first-order valence-electron chi connectivity index (χ1n) is 9.52. The van der Waals surface area contributed by atoms with Gasteiger partial charge in [-0.25, -0.2) is 4.39 Å². The first kappa shape index (κ1) is 20.8. The Hall–Kier alpha value is -2.45. The summed E-state index contributed by atoms with van der Waals surface area (Å²) in [5, 5.41) is 0. The second-order valence-electron chi connectivity index (χ2n) is 6.94. The molecule has 2 aromatic carbocycles. The van der Waals surface area contributed by atoms with Crippen LogP contribution in [0.1, 0.15) is 16.3 Å². The summed E-state index contributed by atoms with van der Waals surface area (Å²) in [7, 11) is -1.26. The Bertz CT molecular complexity index is 1060. The molecule has 8 heteroatoms. The maximum atomic E-state index is 14.0. The van der Waals surface area contributed by atoms with Crippen LogP contribution >= 0.6 is 15.9 Å². The highest BCUT2D eigenvalue weighted by Crippen LogP contribution is 2.22. The minimum Gasteiger partial charge on any atom is -0.455 e. The predicted molar refractivity (Wildman–Crippen MR) is 117 cm³/mol. The van der Waals surface area contributed by atoms with Crippen LogP contribution in [-0.4, -0.2) is 41.2 Å². The molecule has 1 amide bonds. The number of carbonyl (C=O) groups excluding carboxylic acids is 1. The molecule has 0 aliphatic carbocycles. The Morgan fingerprint density at radius 3 is 2.40 bits per heavy atom. The van der Waals surface area contributed by atoms with Crippen LogP contribution in [0.25, 0.3) is 0 Å². The van der Waals surface area contributed by atoms with Crippen molar-refractivity contribution in [1.82, 2.24) is 4.90 Å². The maximum Gasteiger partial charge on any atom is 0.289 e. The molecule has 0 unspecified atom stereocenters. The number of amides is 1. The van der Waals surface area contributed by atoms with Crippen LogP contribution in [0.5, 0.6) is 0 Å². The Labute approximate surface area is 185 Å². The second-order valence-corrected chi connectivity index (χ2v) is 9.31. The second kappa shape index (κ2) is 9.14. The van der Waals surface area contributed by atoms with E-state index in [0.717, 1.165) is 4.47 Å². The number of para-hydroxylation sites is 1. The average molecular weight is 491 g/mol. The summed E-state index contributed by atoms with van der Waals surface area (Å²) in [5.74, 6) is 0.480. The highest BCUT2D eigenvalue weighted by atomic mass is 79.9. The molecule has 0 N–H and O–H groups in total. The van der Waals surface area contributed by atoms with Crippen LogP contribution in [0.15, 0.2) is 74.4 Å². The van der Waals surface area contributed by atoms with Gasteiger partial charge in [0, 0.05) is 35.5 Å². The molecule has 0 radical (unpaired) electrons. The number of carbonyl (C=O) groups is 1. The summed E-state index contributed by atoms with van der Waals surface area (Å²) >= 11 is 3.36. The van der Waals surface area contributed by atoms with Crippen LogP contribution in [0.3, 0.4) is 0 Å². The average Bonchev–Trinajstić information content (AvgIpc) is 3.22. The smallest absolute Gasteiger partial charge is 0.289 e. The van der Waals surface area contributed by atoms with Crippen LogP contribution in [-0.2, 0) is 16.6 Å². The van der Waals surface area contributed by atoms with Crippen LogP contribution in [0, 0.1) is 5.82 Å². The van der Waals surface area contributed by atoms with Gasteiger partial charge >= 0.3 is 0 Å². The third-order valence-corrected chi connectivity index (χ3v) is 6.86. The molecule has 5 nitrogen and oxygen atoms in total. The fourth-order valence-electron chi connectivity index (χ4n) is 3.38. The zero-order valence-electron chi connectivity index (χ0n) is 16.1. The molecule has 1 aliphatic rings. The van der Waals surface area contributed by atoms with E-state index >= 15 is 0 Å². The number of furan rings is 1.